The van der Waals surface area contributed by atoms with Gasteiger partial charge >= 0.3 is 0 Å². The van der Waals surface area contributed by atoms with Crippen LogP contribution in [-0.2, 0) is 0 Å². The number of nitrogens with zero attached hydrogens (tertiary/aromatic N) is 1. The van der Waals surface area contributed by atoms with Crippen molar-refractivity contribution in [3.8, 4) is 11.5 Å². The second kappa shape index (κ2) is 4.75. The van der Waals surface area contributed by atoms with E-state index >= 15 is 0 Å². The maximum atomic E-state index is 12.2. The highest BCUT2D eigenvalue weighted by Crippen LogP contribution is 2.34. The maximum absolute atomic E-state index is 12.2. The van der Waals surface area contributed by atoms with E-state index in [1.54, 1.807) is 12.1 Å². The Morgan fingerprint density at radius 1 is 1.19 bits per heavy atom. The summed E-state index contributed by atoms with van der Waals surface area (Å²) >= 11 is 0. The van der Waals surface area contributed by atoms with Crippen LogP contribution in [0, 0.1) is 10.1 Å². The topological polar surface area (TPSA) is 89.7 Å². The molecule has 6 nitrogen and oxygen atoms in total. The van der Waals surface area contributed by atoms with Crippen molar-refractivity contribution in [2.24, 2.45) is 0 Å². The predicted octanol–water partition coefficient (Wildman–Crippen LogP) is 2.92. The van der Waals surface area contributed by atoms with Crippen LogP contribution in [0.2, 0.25) is 0 Å². The summed E-state index contributed by atoms with van der Waals surface area (Å²) in [4.78, 5) is 22.6. The Morgan fingerprint density at radius 3 is 2.71 bits per heavy atom. The first-order chi connectivity index (χ1) is 10.1. The van der Waals surface area contributed by atoms with Crippen LogP contribution >= 0.6 is 0 Å². The number of nitro groups is 1. The summed E-state index contributed by atoms with van der Waals surface area (Å²) in [5.74, 6) is -0.149. The molecule has 0 aliphatic carbocycles. The molecule has 3 rings (SSSR count). The number of carbonyl (C=O) groups excluding carboxylic acids is 1. The molecule has 6 heteroatoms. The second-order valence-electron chi connectivity index (χ2n) is 4.44. The number of Topliss-reactive ketones (excluding diaryl/α,β-unsaturated/α-hetero) is 1. The van der Waals surface area contributed by atoms with Gasteiger partial charge in [0.1, 0.15) is 11.5 Å². The predicted molar refractivity (Wildman–Crippen MR) is 74.1 cm³/mol. The Bertz CT molecular complexity index is 794. The van der Waals surface area contributed by atoms with Crippen LogP contribution in [0.25, 0.3) is 6.08 Å². The van der Waals surface area contributed by atoms with Crippen LogP contribution < -0.4 is 4.74 Å². The Kier molecular flexibility index (Phi) is 2.91. The van der Waals surface area contributed by atoms with Crippen LogP contribution in [0.15, 0.2) is 48.2 Å². The van der Waals surface area contributed by atoms with E-state index in [0.29, 0.717) is 5.75 Å². The lowest BCUT2D eigenvalue weighted by Crippen LogP contribution is -1.99. The molecule has 1 heterocycles. The summed E-state index contributed by atoms with van der Waals surface area (Å²) in [5, 5.41) is 20.3. The summed E-state index contributed by atoms with van der Waals surface area (Å²) in [7, 11) is 0. The number of carbonyl (C=O) groups is 1. The summed E-state index contributed by atoms with van der Waals surface area (Å²) < 4.78 is 5.39. The standard InChI is InChI=1S/C15H9NO5/c17-10-5-6-13-11(8-10)15(18)14(21-13)7-9-3-1-2-4-12(9)16(19)20/h1-8,17H/b14-7-. The highest BCUT2D eigenvalue weighted by Gasteiger charge is 2.28. The fourth-order valence-electron chi connectivity index (χ4n) is 2.09. The molecule has 1 aliphatic heterocycles. The molecule has 0 saturated carbocycles. The van der Waals surface area contributed by atoms with Gasteiger partial charge in [-0.1, -0.05) is 12.1 Å². The summed E-state index contributed by atoms with van der Waals surface area (Å²) in [6.45, 7) is 0. The average molecular weight is 283 g/mol. The van der Waals surface area contributed by atoms with Crippen LogP contribution in [0.1, 0.15) is 15.9 Å². The van der Waals surface area contributed by atoms with Gasteiger partial charge in [-0.05, 0) is 30.3 Å². The van der Waals surface area contributed by atoms with Crippen molar-refractivity contribution in [3.05, 3.63) is 69.5 Å². The van der Waals surface area contributed by atoms with Crippen molar-refractivity contribution in [3.63, 3.8) is 0 Å². The number of allylic oxidation sites excluding steroid dienone is 1. The molecule has 0 atom stereocenters. The van der Waals surface area contributed by atoms with Crippen molar-refractivity contribution >= 4 is 17.5 Å². The number of para-hydroxylation sites is 1. The minimum atomic E-state index is -0.523. The number of phenols is 1. The normalized spacial score (nSPS) is 14.9. The first-order valence-electron chi connectivity index (χ1n) is 6.07. The molecule has 0 aromatic heterocycles. The van der Waals surface area contributed by atoms with Gasteiger partial charge in [0, 0.05) is 6.07 Å². The Labute approximate surface area is 119 Å². The fraction of sp³-hybridized carbons (Fsp3) is 0. The molecule has 104 valence electrons. The maximum Gasteiger partial charge on any atom is 0.276 e. The number of nitro benzene ring substituents is 1. The average Bonchev–Trinajstić information content (AvgIpc) is 2.76. The summed E-state index contributed by atoms with van der Waals surface area (Å²) in [5.41, 5.74) is 0.405. The lowest BCUT2D eigenvalue weighted by atomic mass is 10.1. The fourth-order valence-corrected chi connectivity index (χ4v) is 2.09. The molecular formula is C15H9NO5. The van der Waals surface area contributed by atoms with Gasteiger partial charge in [-0.2, -0.15) is 0 Å². The minimum Gasteiger partial charge on any atom is -0.508 e. The van der Waals surface area contributed by atoms with E-state index in [4.69, 9.17) is 4.74 Å². The quantitative estimate of drug-likeness (QED) is 0.520. The van der Waals surface area contributed by atoms with Crippen molar-refractivity contribution in [1.29, 1.82) is 0 Å². The van der Waals surface area contributed by atoms with E-state index in [9.17, 15) is 20.0 Å². The van der Waals surface area contributed by atoms with E-state index in [-0.39, 0.29) is 28.3 Å². The lowest BCUT2D eigenvalue weighted by Gasteiger charge is -1.99. The molecular weight excluding hydrogens is 274 g/mol. The lowest BCUT2D eigenvalue weighted by molar-refractivity contribution is -0.385. The molecule has 0 bridgehead atoms. The zero-order chi connectivity index (χ0) is 15.0. The number of hydrogen-bond donors (Lipinski definition) is 1. The number of rotatable bonds is 2. The molecule has 2 aromatic rings. The van der Waals surface area contributed by atoms with Crippen LogP contribution in [0.5, 0.6) is 11.5 Å². The molecule has 0 radical (unpaired) electrons. The van der Waals surface area contributed by atoms with Gasteiger partial charge in [0.05, 0.1) is 16.1 Å². The largest absolute Gasteiger partial charge is 0.508 e. The third-order valence-electron chi connectivity index (χ3n) is 3.07. The second-order valence-corrected chi connectivity index (χ2v) is 4.44. The molecule has 2 aromatic carbocycles. The molecule has 1 N–H and O–H groups in total. The Hall–Kier alpha value is -3.15. The van der Waals surface area contributed by atoms with Crippen molar-refractivity contribution in [2.75, 3.05) is 0 Å². The first kappa shape index (κ1) is 12.9. The number of aromatic hydroxyl groups is 1. The molecule has 0 saturated heterocycles. The number of benzene rings is 2. The molecule has 21 heavy (non-hydrogen) atoms. The highest BCUT2D eigenvalue weighted by molar-refractivity contribution is 6.14. The van der Waals surface area contributed by atoms with Crippen molar-refractivity contribution in [1.82, 2.24) is 0 Å². The first-order valence-corrected chi connectivity index (χ1v) is 6.07. The summed E-state index contributed by atoms with van der Waals surface area (Å²) in [6.07, 6.45) is 1.33. The smallest absolute Gasteiger partial charge is 0.276 e. The molecule has 0 amide bonds. The van der Waals surface area contributed by atoms with Gasteiger partial charge in [-0.25, -0.2) is 0 Å². The Morgan fingerprint density at radius 2 is 1.95 bits per heavy atom. The van der Waals surface area contributed by atoms with Gasteiger partial charge in [-0.15, -0.1) is 0 Å². The monoisotopic (exact) mass is 283 g/mol. The van der Waals surface area contributed by atoms with Crippen molar-refractivity contribution in [2.45, 2.75) is 0 Å². The van der Waals surface area contributed by atoms with Gasteiger partial charge in [-0.3, -0.25) is 14.9 Å². The number of ketones is 1. The molecule has 0 fully saturated rings. The number of ether oxygens (including phenoxy) is 1. The van der Waals surface area contributed by atoms with Gasteiger partial charge in [0.15, 0.2) is 5.76 Å². The molecule has 0 spiro atoms. The zero-order valence-corrected chi connectivity index (χ0v) is 10.6. The third-order valence-corrected chi connectivity index (χ3v) is 3.07. The number of hydrogen-bond acceptors (Lipinski definition) is 5. The van der Waals surface area contributed by atoms with Crippen LogP contribution in [0.3, 0.4) is 0 Å². The van der Waals surface area contributed by atoms with Gasteiger partial charge in [0.25, 0.3) is 5.69 Å². The van der Waals surface area contributed by atoms with E-state index in [2.05, 4.69) is 0 Å². The van der Waals surface area contributed by atoms with E-state index in [1.165, 1.54) is 36.4 Å². The SMILES string of the molecule is O=C1/C(=C/c2ccccc2[N+](=O)[O-])Oc2ccc(O)cc21. The zero-order valence-electron chi connectivity index (χ0n) is 10.6. The third kappa shape index (κ3) is 2.23. The van der Waals surface area contributed by atoms with Gasteiger partial charge < -0.3 is 9.84 Å². The van der Waals surface area contributed by atoms with E-state index in [0.717, 1.165) is 0 Å². The number of fused-ring (bicyclic) bond motifs is 1. The van der Waals surface area contributed by atoms with Crippen molar-refractivity contribution < 1.29 is 19.6 Å². The van der Waals surface area contributed by atoms with E-state index in [1.807, 2.05) is 0 Å². The number of phenolic OH excluding ortho intramolecular Hbond substituents is 1. The highest BCUT2D eigenvalue weighted by atomic mass is 16.6. The van der Waals surface area contributed by atoms with Crippen LogP contribution in [-0.4, -0.2) is 15.8 Å². The molecule has 0 unspecified atom stereocenters. The Balaban J connectivity index is 2.04. The van der Waals surface area contributed by atoms with Crippen LogP contribution in [0.4, 0.5) is 5.69 Å². The molecule has 1 aliphatic rings. The minimum absolute atomic E-state index is 0.00935. The van der Waals surface area contributed by atoms with Gasteiger partial charge in [0.2, 0.25) is 5.78 Å². The van der Waals surface area contributed by atoms with E-state index < -0.39 is 10.7 Å². The summed E-state index contributed by atoms with van der Waals surface area (Å²) in [6, 6.07) is 10.2.